The van der Waals surface area contributed by atoms with Crippen LogP contribution in [0.15, 0.2) is 64.0 Å². The Kier molecular flexibility index (Phi) is 6.49. The van der Waals surface area contributed by atoms with Crippen LogP contribution < -0.4 is 4.74 Å². The molecule has 0 aliphatic heterocycles. The molecule has 0 saturated carbocycles. The number of nitrogens with zero attached hydrogens (tertiary/aromatic N) is 3. The van der Waals surface area contributed by atoms with Gasteiger partial charge in [-0.25, -0.2) is 0 Å². The lowest BCUT2D eigenvalue weighted by Gasteiger charge is -2.14. The van der Waals surface area contributed by atoms with E-state index in [4.69, 9.17) is 9.26 Å². The topological polar surface area (TPSA) is 68.5 Å². The number of carbonyl (C=O) groups is 1. The fourth-order valence-electron chi connectivity index (χ4n) is 2.43. The van der Waals surface area contributed by atoms with Crippen molar-refractivity contribution in [1.29, 1.82) is 0 Å². The van der Waals surface area contributed by atoms with Crippen molar-refractivity contribution in [2.75, 3.05) is 19.9 Å². The van der Waals surface area contributed by atoms with Crippen molar-refractivity contribution < 1.29 is 14.1 Å². The van der Waals surface area contributed by atoms with Crippen LogP contribution in [-0.2, 0) is 11.3 Å². The number of ether oxygens (including phenoxy) is 1. The average Bonchev–Trinajstić information content (AvgIpc) is 3.17. The maximum absolute atomic E-state index is 12.3. The third kappa shape index (κ3) is 5.34. The van der Waals surface area contributed by atoms with Crippen molar-refractivity contribution in [3.63, 3.8) is 0 Å². The molecular weight excluding hydrogens is 362 g/mol. The number of hydrogen-bond acceptors (Lipinski definition) is 6. The van der Waals surface area contributed by atoms with E-state index in [0.29, 0.717) is 18.1 Å². The Morgan fingerprint density at radius 1 is 1.15 bits per heavy atom. The number of benzene rings is 2. The summed E-state index contributed by atoms with van der Waals surface area (Å²) in [6, 6.07) is 17.4. The Bertz CT molecular complexity index is 866. The molecule has 7 heteroatoms. The van der Waals surface area contributed by atoms with E-state index < -0.39 is 0 Å². The number of aromatic nitrogens is 2. The van der Waals surface area contributed by atoms with E-state index in [1.165, 1.54) is 0 Å². The highest BCUT2D eigenvalue weighted by Gasteiger charge is 2.14. The number of hydrogen-bond donors (Lipinski definition) is 0. The summed E-state index contributed by atoms with van der Waals surface area (Å²) in [7, 11) is 3.36. The van der Waals surface area contributed by atoms with E-state index in [1.54, 1.807) is 30.8 Å². The van der Waals surface area contributed by atoms with Gasteiger partial charge in [0.2, 0.25) is 17.6 Å². The lowest BCUT2D eigenvalue weighted by atomic mass is 10.2. The normalized spacial score (nSPS) is 10.6. The highest BCUT2D eigenvalue weighted by atomic mass is 32.2. The molecule has 3 aromatic rings. The third-order valence-corrected chi connectivity index (χ3v) is 4.96. The quantitative estimate of drug-likeness (QED) is 0.550. The monoisotopic (exact) mass is 383 g/mol. The molecule has 0 aliphatic carbocycles. The van der Waals surface area contributed by atoms with Gasteiger partial charge in [0.15, 0.2) is 0 Å². The van der Waals surface area contributed by atoms with Gasteiger partial charge in [0.05, 0.1) is 13.7 Å². The zero-order valence-electron chi connectivity index (χ0n) is 15.3. The van der Waals surface area contributed by atoms with Gasteiger partial charge in [-0.15, -0.1) is 11.8 Å². The van der Waals surface area contributed by atoms with Crippen LogP contribution in [0.2, 0.25) is 0 Å². The van der Waals surface area contributed by atoms with Gasteiger partial charge < -0.3 is 14.2 Å². The second-order valence-corrected chi connectivity index (χ2v) is 7.07. The molecule has 0 aliphatic rings. The molecule has 2 aromatic carbocycles. The second kappa shape index (κ2) is 9.23. The summed E-state index contributed by atoms with van der Waals surface area (Å²) in [5.41, 5.74) is 0.832. The molecule has 1 aromatic heterocycles. The molecule has 6 nitrogen and oxygen atoms in total. The van der Waals surface area contributed by atoms with E-state index in [-0.39, 0.29) is 12.5 Å². The first-order chi connectivity index (χ1) is 13.2. The van der Waals surface area contributed by atoms with Gasteiger partial charge in [-0.2, -0.15) is 4.98 Å². The Hall–Kier alpha value is -2.80. The van der Waals surface area contributed by atoms with Crippen LogP contribution >= 0.6 is 11.8 Å². The van der Waals surface area contributed by atoms with Gasteiger partial charge >= 0.3 is 0 Å². The summed E-state index contributed by atoms with van der Waals surface area (Å²) in [4.78, 5) is 19.4. The van der Waals surface area contributed by atoms with Gasteiger partial charge in [0, 0.05) is 29.7 Å². The maximum atomic E-state index is 12.3. The van der Waals surface area contributed by atoms with E-state index in [0.717, 1.165) is 22.0 Å². The molecule has 1 heterocycles. The Morgan fingerprint density at radius 3 is 2.59 bits per heavy atom. The van der Waals surface area contributed by atoms with Crippen LogP contribution in [0.1, 0.15) is 12.3 Å². The molecule has 1 amide bonds. The van der Waals surface area contributed by atoms with Crippen LogP contribution in [0.25, 0.3) is 11.4 Å². The van der Waals surface area contributed by atoms with Crippen molar-refractivity contribution in [3.8, 4) is 17.1 Å². The summed E-state index contributed by atoms with van der Waals surface area (Å²) in [6.07, 6.45) is 0.454. The van der Waals surface area contributed by atoms with Crippen LogP contribution in [-0.4, -0.2) is 40.9 Å². The predicted octanol–water partition coefficient (Wildman–Crippen LogP) is 3.89. The van der Waals surface area contributed by atoms with Gasteiger partial charge in [-0.1, -0.05) is 23.4 Å². The fraction of sp³-hybridized carbons (Fsp3) is 0.250. The van der Waals surface area contributed by atoms with Gasteiger partial charge in [-0.3, -0.25) is 4.79 Å². The van der Waals surface area contributed by atoms with Crippen molar-refractivity contribution >= 4 is 17.7 Å². The minimum absolute atomic E-state index is 0.0441. The molecule has 3 rings (SSSR count). The number of thioether (sulfide) groups is 1. The number of methoxy groups -OCH3 is 1. The summed E-state index contributed by atoms with van der Waals surface area (Å²) < 4.78 is 10.4. The molecule has 0 spiro atoms. The molecule has 0 fully saturated rings. The van der Waals surface area contributed by atoms with Crippen LogP contribution in [0.5, 0.6) is 5.75 Å². The number of carbonyl (C=O) groups excluding carboxylic acids is 1. The zero-order valence-corrected chi connectivity index (χ0v) is 16.1. The Morgan fingerprint density at radius 2 is 1.89 bits per heavy atom. The molecule has 0 bridgehead atoms. The fourth-order valence-corrected chi connectivity index (χ4v) is 3.29. The van der Waals surface area contributed by atoms with Crippen molar-refractivity contribution in [2.45, 2.75) is 17.9 Å². The Balaban J connectivity index is 1.50. The van der Waals surface area contributed by atoms with Crippen LogP contribution in [0.4, 0.5) is 0 Å². The van der Waals surface area contributed by atoms with E-state index >= 15 is 0 Å². The number of amides is 1. The summed E-state index contributed by atoms with van der Waals surface area (Å²) in [6.45, 7) is 0.290. The lowest BCUT2D eigenvalue weighted by molar-refractivity contribution is -0.130. The molecule has 0 unspecified atom stereocenters. The second-order valence-electron chi connectivity index (χ2n) is 5.90. The molecule has 0 atom stereocenters. The molecule has 0 radical (unpaired) electrons. The zero-order chi connectivity index (χ0) is 19.1. The van der Waals surface area contributed by atoms with E-state index in [1.807, 2.05) is 54.6 Å². The molecular formula is C20H21N3O3S. The third-order valence-electron chi connectivity index (χ3n) is 3.94. The SMILES string of the molecule is COc1ccc(-c2noc(CN(C)C(=O)CCSc3ccccc3)n2)cc1. The van der Waals surface area contributed by atoms with E-state index in [2.05, 4.69) is 10.1 Å². The molecule has 140 valence electrons. The highest BCUT2D eigenvalue weighted by molar-refractivity contribution is 7.99. The van der Waals surface area contributed by atoms with Gasteiger partial charge in [0.1, 0.15) is 5.75 Å². The largest absolute Gasteiger partial charge is 0.497 e. The summed E-state index contributed by atoms with van der Waals surface area (Å²) >= 11 is 1.67. The predicted molar refractivity (Wildman–Crippen MR) is 105 cm³/mol. The molecule has 0 saturated heterocycles. The summed E-state index contributed by atoms with van der Waals surface area (Å²) in [5.74, 6) is 2.44. The molecule has 0 N–H and O–H groups in total. The standard InChI is InChI=1S/C20H21N3O3S/c1-23(19(24)12-13-27-17-6-4-3-5-7-17)14-18-21-20(22-26-18)15-8-10-16(25-2)11-9-15/h3-11H,12-14H2,1-2H3. The smallest absolute Gasteiger partial charge is 0.246 e. The Labute approximate surface area is 162 Å². The first kappa shape index (κ1) is 19.0. The van der Waals surface area contributed by atoms with Crippen LogP contribution in [0, 0.1) is 0 Å². The number of rotatable bonds is 8. The van der Waals surface area contributed by atoms with Gasteiger partial charge in [-0.05, 0) is 36.4 Å². The minimum atomic E-state index is 0.0441. The lowest BCUT2D eigenvalue weighted by Crippen LogP contribution is -2.26. The highest BCUT2D eigenvalue weighted by Crippen LogP contribution is 2.21. The molecule has 27 heavy (non-hydrogen) atoms. The minimum Gasteiger partial charge on any atom is -0.497 e. The maximum Gasteiger partial charge on any atom is 0.246 e. The van der Waals surface area contributed by atoms with Crippen molar-refractivity contribution in [2.24, 2.45) is 0 Å². The first-order valence-electron chi connectivity index (χ1n) is 8.54. The first-order valence-corrected chi connectivity index (χ1v) is 9.53. The van der Waals surface area contributed by atoms with Crippen LogP contribution in [0.3, 0.4) is 0 Å². The average molecular weight is 383 g/mol. The van der Waals surface area contributed by atoms with Crippen molar-refractivity contribution in [1.82, 2.24) is 15.0 Å². The summed E-state index contributed by atoms with van der Waals surface area (Å²) in [5, 5.41) is 3.99. The van der Waals surface area contributed by atoms with E-state index in [9.17, 15) is 4.79 Å². The van der Waals surface area contributed by atoms with Gasteiger partial charge in [0.25, 0.3) is 0 Å². The van der Waals surface area contributed by atoms with Crippen molar-refractivity contribution in [3.05, 3.63) is 60.5 Å².